The van der Waals surface area contributed by atoms with Crippen molar-refractivity contribution < 1.29 is 19.0 Å². The van der Waals surface area contributed by atoms with Gasteiger partial charge in [-0.3, -0.25) is 0 Å². The largest absolute Gasteiger partial charge is 0.458 e. The number of rotatable bonds is 0. The molecule has 2 fully saturated rings. The molecule has 0 radical (unpaired) electrons. The summed E-state index contributed by atoms with van der Waals surface area (Å²) in [5.74, 6) is -0.980. The molecule has 2 heterocycles. The van der Waals surface area contributed by atoms with Gasteiger partial charge in [0.1, 0.15) is 11.7 Å². The van der Waals surface area contributed by atoms with Gasteiger partial charge in [-0.05, 0) is 27.7 Å². The number of hydrogen-bond acceptors (Lipinski definition) is 4. The third-order valence-electron chi connectivity index (χ3n) is 2.49. The molecule has 0 spiro atoms. The maximum Gasteiger partial charge on any atom is 0.338 e. The van der Waals surface area contributed by atoms with Crippen LogP contribution in [0.25, 0.3) is 0 Å². The van der Waals surface area contributed by atoms with E-state index in [0.717, 1.165) is 0 Å². The Labute approximate surface area is 83.5 Å². The number of carbonyl (C=O) groups excluding carboxylic acids is 1. The number of esters is 1. The summed E-state index contributed by atoms with van der Waals surface area (Å²) in [6, 6.07) is 0. The Hall–Kier alpha value is -0.610. The van der Waals surface area contributed by atoms with Crippen LogP contribution in [0.2, 0.25) is 0 Å². The molecule has 0 aromatic heterocycles. The molecular formula is C10H16O4. The van der Waals surface area contributed by atoms with Crippen LogP contribution in [-0.4, -0.2) is 29.6 Å². The van der Waals surface area contributed by atoms with Gasteiger partial charge in [0.25, 0.3) is 0 Å². The molecule has 14 heavy (non-hydrogen) atoms. The third kappa shape index (κ3) is 1.64. The van der Waals surface area contributed by atoms with Crippen LogP contribution in [0.5, 0.6) is 0 Å². The zero-order chi connectivity index (χ0) is 10.6. The standard InChI is InChI=1S/C10H16O4/c1-9(2)5-6-7(8(11)14-9)13-10(3,4)12-6/h6-7H,5H2,1-4H3/t6-,7?/m1/s1. The predicted molar refractivity (Wildman–Crippen MR) is 48.6 cm³/mol. The van der Waals surface area contributed by atoms with Gasteiger partial charge in [0.15, 0.2) is 11.9 Å². The fourth-order valence-electron chi connectivity index (χ4n) is 2.04. The highest BCUT2D eigenvalue weighted by atomic mass is 16.8. The van der Waals surface area contributed by atoms with Crippen molar-refractivity contribution in [2.45, 2.75) is 57.7 Å². The highest BCUT2D eigenvalue weighted by molar-refractivity contribution is 5.77. The number of carbonyl (C=O) groups is 1. The summed E-state index contributed by atoms with van der Waals surface area (Å²) < 4.78 is 16.3. The molecule has 0 aliphatic carbocycles. The molecule has 0 N–H and O–H groups in total. The minimum atomic E-state index is -0.672. The van der Waals surface area contributed by atoms with Crippen LogP contribution < -0.4 is 0 Å². The summed E-state index contributed by atoms with van der Waals surface area (Å²) in [5, 5.41) is 0. The lowest BCUT2D eigenvalue weighted by molar-refractivity contribution is -0.182. The highest BCUT2D eigenvalue weighted by Gasteiger charge is 2.52. The molecule has 0 aromatic carbocycles. The average molecular weight is 200 g/mol. The van der Waals surface area contributed by atoms with Crippen molar-refractivity contribution in [2.75, 3.05) is 0 Å². The first kappa shape index (κ1) is 9.93. The van der Waals surface area contributed by atoms with Crippen LogP contribution in [0.1, 0.15) is 34.1 Å². The number of cyclic esters (lactones) is 1. The average Bonchev–Trinajstić information content (AvgIpc) is 2.21. The van der Waals surface area contributed by atoms with Gasteiger partial charge in [-0.2, -0.15) is 0 Å². The van der Waals surface area contributed by atoms with E-state index in [2.05, 4.69) is 0 Å². The van der Waals surface area contributed by atoms with Crippen molar-refractivity contribution in [3.8, 4) is 0 Å². The van der Waals surface area contributed by atoms with Crippen molar-refractivity contribution in [1.29, 1.82) is 0 Å². The minimum absolute atomic E-state index is 0.166. The Morgan fingerprint density at radius 1 is 1.21 bits per heavy atom. The van der Waals surface area contributed by atoms with Crippen LogP contribution in [0.15, 0.2) is 0 Å². The van der Waals surface area contributed by atoms with Crippen molar-refractivity contribution in [1.82, 2.24) is 0 Å². The summed E-state index contributed by atoms with van der Waals surface area (Å²) in [6.45, 7) is 7.39. The summed E-state index contributed by atoms with van der Waals surface area (Å²) in [5.41, 5.74) is -0.442. The molecule has 2 aliphatic heterocycles. The normalized spacial score (nSPS) is 39.0. The molecule has 4 heteroatoms. The van der Waals surface area contributed by atoms with E-state index in [1.54, 1.807) is 0 Å². The lowest BCUT2D eigenvalue weighted by atomic mass is 9.94. The van der Waals surface area contributed by atoms with Crippen LogP contribution in [0, 0.1) is 0 Å². The number of ether oxygens (including phenoxy) is 3. The smallest absolute Gasteiger partial charge is 0.338 e. The first-order valence-corrected chi connectivity index (χ1v) is 4.88. The Morgan fingerprint density at radius 2 is 1.86 bits per heavy atom. The molecule has 2 saturated heterocycles. The summed E-state index contributed by atoms with van der Waals surface area (Å²) in [4.78, 5) is 11.6. The van der Waals surface area contributed by atoms with Crippen molar-refractivity contribution in [3.63, 3.8) is 0 Å². The van der Waals surface area contributed by atoms with Crippen molar-refractivity contribution >= 4 is 5.97 Å². The molecule has 2 atom stereocenters. The van der Waals surface area contributed by atoms with Gasteiger partial charge in [0.2, 0.25) is 0 Å². The second-order valence-corrected chi connectivity index (χ2v) is 4.98. The molecule has 80 valence electrons. The van der Waals surface area contributed by atoms with E-state index in [1.807, 2.05) is 27.7 Å². The Balaban J connectivity index is 2.19. The molecule has 0 amide bonds. The third-order valence-corrected chi connectivity index (χ3v) is 2.49. The summed E-state index contributed by atoms with van der Waals surface area (Å²) >= 11 is 0. The molecular weight excluding hydrogens is 184 g/mol. The molecule has 0 saturated carbocycles. The van der Waals surface area contributed by atoms with Gasteiger partial charge in [-0.15, -0.1) is 0 Å². The molecule has 4 nitrogen and oxygen atoms in total. The fraction of sp³-hybridized carbons (Fsp3) is 0.900. The zero-order valence-electron chi connectivity index (χ0n) is 8.99. The minimum Gasteiger partial charge on any atom is -0.458 e. The highest BCUT2D eigenvalue weighted by Crippen LogP contribution is 2.38. The van der Waals surface area contributed by atoms with E-state index in [-0.39, 0.29) is 12.1 Å². The van der Waals surface area contributed by atoms with Gasteiger partial charge < -0.3 is 14.2 Å². The quantitative estimate of drug-likeness (QED) is 0.552. The van der Waals surface area contributed by atoms with Crippen LogP contribution in [-0.2, 0) is 19.0 Å². The van der Waals surface area contributed by atoms with Gasteiger partial charge in [-0.1, -0.05) is 0 Å². The van der Waals surface area contributed by atoms with E-state index < -0.39 is 17.5 Å². The summed E-state index contributed by atoms with van der Waals surface area (Å²) in [6.07, 6.45) is -0.0217. The van der Waals surface area contributed by atoms with E-state index in [0.29, 0.717) is 6.42 Å². The van der Waals surface area contributed by atoms with Crippen LogP contribution in [0.4, 0.5) is 0 Å². The maximum absolute atomic E-state index is 11.6. The fourth-order valence-corrected chi connectivity index (χ4v) is 2.04. The Bertz CT molecular complexity index is 269. The lowest BCUT2D eigenvalue weighted by Gasteiger charge is -2.34. The van der Waals surface area contributed by atoms with Crippen molar-refractivity contribution in [2.24, 2.45) is 0 Å². The Kier molecular flexibility index (Phi) is 1.92. The van der Waals surface area contributed by atoms with Gasteiger partial charge in [0, 0.05) is 6.42 Å². The first-order valence-electron chi connectivity index (χ1n) is 4.88. The summed E-state index contributed by atoms with van der Waals surface area (Å²) in [7, 11) is 0. The molecule has 2 rings (SSSR count). The van der Waals surface area contributed by atoms with Crippen molar-refractivity contribution in [3.05, 3.63) is 0 Å². The van der Waals surface area contributed by atoms with Gasteiger partial charge in [-0.25, -0.2) is 4.79 Å². The topological polar surface area (TPSA) is 44.8 Å². The second-order valence-electron chi connectivity index (χ2n) is 4.98. The van der Waals surface area contributed by atoms with E-state index in [4.69, 9.17) is 14.2 Å². The lowest BCUT2D eigenvalue weighted by Crippen LogP contribution is -2.48. The first-order chi connectivity index (χ1) is 6.29. The van der Waals surface area contributed by atoms with Gasteiger partial charge in [0.05, 0.1) is 0 Å². The van der Waals surface area contributed by atoms with Gasteiger partial charge >= 0.3 is 5.97 Å². The molecule has 2 aliphatic rings. The predicted octanol–water partition coefficient (Wildman–Crippen LogP) is 1.23. The maximum atomic E-state index is 11.6. The van der Waals surface area contributed by atoms with Crippen LogP contribution in [0.3, 0.4) is 0 Å². The zero-order valence-corrected chi connectivity index (χ0v) is 8.99. The molecule has 1 unspecified atom stereocenters. The monoisotopic (exact) mass is 200 g/mol. The van der Waals surface area contributed by atoms with E-state index >= 15 is 0 Å². The number of fused-ring (bicyclic) bond motifs is 1. The number of hydrogen-bond donors (Lipinski definition) is 0. The Morgan fingerprint density at radius 3 is 2.50 bits per heavy atom. The molecule has 0 aromatic rings. The van der Waals surface area contributed by atoms with E-state index in [1.165, 1.54) is 0 Å². The van der Waals surface area contributed by atoms with Crippen LogP contribution >= 0.6 is 0 Å². The van der Waals surface area contributed by atoms with E-state index in [9.17, 15) is 4.79 Å². The SMILES string of the molecule is CC1(C)C[C@H]2OC(C)(C)OC2C(=O)O1. The second kappa shape index (κ2) is 2.70. The molecule has 0 bridgehead atoms.